The second-order valence-electron chi connectivity index (χ2n) is 3.06. The minimum absolute atomic E-state index is 0.0217. The van der Waals surface area contributed by atoms with Crippen molar-refractivity contribution >= 4 is 5.97 Å². The summed E-state index contributed by atoms with van der Waals surface area (Å²) >= 11 is 0. The van der Waals surface area contributed by atoms with Crippen LogP contribution in [0.3, 0.4) is 0 Å². The molecule has 0 atom stereocenters. The normalized spacial score (nSPS) is 9.88. The zero-order chi connectivity index (χ0) is 12.4. The largest absolute Gasteiger partial charge is 0.478 e. The Balaban J connectivity index is 2.68. The van der Waals surface area contributed by atoms with Gasteiger partial charge >= 0.3 is 5.97 Å². The predicted octanol–water partition coefficient (Wildman–Crippen LogP) is 0.976. The van der Waals surface area contributed by atoms with Crippen LogP contribution in [0.2, 0.25) is 0 Å². The molecule has 17 heavy (non-hydrogen) atoms. The maximum Gasteiger partial charge on any atom is 0.339 e. The van der Waals surface area contributed by atoms with Crippen LogP contribution in [0.1, 0.15) is 16.2 Å². The smallest absolute Gasteiger partial charge is 0.339 e. The molecule has 2 aromatic heterocycles. The third-order valence-electron chi connectivity index (χ3n) is 2.03. The highest BCUT2D eigenvalue weighted by atomic mass is 19.1. The molecule has 0 amide bonds. The van der Waals surface area contributed by atoms with E-state index in [9.17, 15) is 9.18 Å². The van der Waals surface area contributed by atoms with Crippen LogP contribution < -0.4 is 0 Å². The van der Waals surface area contributed by atoms with E-state index in [0.29, 0.717) is 0 Å². The van der Waals surface area contributed by atoms with Crippen molar-refractivity contribution in [3.63, 3.8) is 0 Å². The first-order chi connectivity index (χ1) is 8.13. The van der Waals surface area contributed by atoms with Crippen molar-refractivity contribution in [2.45, 2.75) is 0 Å². The van der Waals surface area contributed by atoms with E-state index in [1.54, 1.807) is 6.07 Å². The topological polar surface area (TPSA) is 91.8 Å². The second kappa shape index (κ2) is 4.02. The molecule has 0 spiro atoms. The summed E-state index contributed by atoms with van der Waals surface area (Å²) in [5.74, 6) is -2.16. The number of carboxylic acids is 1. The van der Waals surface area contributed by atoms with E-state index < -0.39 is 11.8 Å². The number of hydrogen-bond acceptors (Lipinski definition) is 4. The van der Waals surface area contributed by atoms with E-state index in [1.807, 2.05) is 0 Å². The number of halogens is 1. The molecule has 0 saturated heterocycles. The summed E-state index contributed by atoms with van der Waals surface area (Å²) in [6, 6.07) is 2.62. The number of aromatic nitrogens is 3. The Kier molecular flexibility index (Phi) is 2.54. The highest BCUT2D eigenvalue weighted by Crippen LogP contribution is 2.14. The Hall–Kier alpha value is -2.75. The van der Waals surface area contributed by atoms with Gasteiger partial charge in [0, 0.05) is 12.4 Å². The standard InChI is InChI=1S/C10H5FN4O2/c11-6-3-7(10(16)17)9(14-5-6)15-2-1-13-8(15)4-12/h1-3,5H,(H,16,17). The lowest BCUT2D eigenvalue weighted by Crippen LogP contribution is -2.09. The van der Waals surface area contributed by atoms with Gasteiger partial charge in [-0.25, -0.2) is 19.2 Å². The Morgan fingerprint density at radius 2 is 2.29 bits per heavy atom. The highest BCUT2D eigenvalue weighted by Gasteiger charge is 2.16. The molecule has 2 heterocycles. The summed E-state index contributed by atoms with van der Waals surface area (Å²) in [7, 11) is 0. The Morgan fingerprint density at radius 3 is 2.94 bits per heavy atom. The first kappa shape index (κ1) is 10.8. The minimum Gasteiger partial charge on any atom is -0.478 e. The number of hydrogen-bond donors (Lipinski definition) is 1. The van der Waals surface area contributed by atoms with Crippen molar-refractivity contribution < 1.29 is 14.3 Å². The molecule has 0 fully saturated rings. The van der Waals surface area contributed by atoms with Crippen molar-refractivity contribution in [2.75, 3.05) is 0 Å². The summed E-state index contributed by atoms with van der Waals surface area (Å²) in [5.41, 5.74) is -0.334. The molecule has 0 bridgehead atoms. The maximum atomic E-state index is 12.9. The fraction of sp³-hybridized carbons (Fsp3) is 0. The lowest BCUT2D eigenvalue weighted by atomic mass is 10.2. The summed E-state index contributed by atoms with van der Waals surface area (Å²) in [4.78, 5) is 18.3. The van der Waals surface area contributed by atoms with Gasteiger partial charge in [-0.05, 0) is 6.07 Å². The number of carboxylic acid groups (broad SMARTS) is 1. The molecule has 84 valence electrons. The number of carbonyl (C=O) groups is 1. The molecule has 0 aliphatic heterocycles. The zero-order valence-corrected chi connectivity index (χ0v) is 8.33. The van der Waals surface area contributed by atoms with E-state index in [2.05, 4.69) is 9.97 Å². The van der Waals surface area contributed by atoms with Crippen LogP contribution in [0.25, 0.3) is 5.82 Å². The number of aromatic carboxylic acids is 1. The van der Waals surface area contributed by atoms with Gasteiger partial charge in [0.1, 0.15) is 17.4 Å². The fourth-order valence-corrected chi connectivity index (χ4v) is 1.34. The number of nitrogens with zero attached hydrogens (tertiary/aromatic N) is 4. The first-order valence-electron chi connectivity index (χ1n) is 4.46. The van der Waals surface area contributed by atoms with E-state index >= 15 is 0 Å². The van der Waals surface area contributed by atoms with Crippen molar-refractivity contribution in [2.24, 2.45) is 0 Å². The fourth-order valence-electron chi connectivity index (χ4n) is 1.34. The number of rotatable bonds is 2. The predicted molar refractivity (Wildman–Crippen MR) is 53.0 cm³/mol. The Bertz CT molecular complexity index is 629. The molecule has 2 aromatic rings. The van der Waals surface area contributed by atoms with Gasteiger partial charge in [0.2, 0.25) is 5.82 Å². The lowest BCUT2D eigenvalue weighted by molar-refractivity contribution is 0.0696. The summed E-state index contributed by atoms with van der Waals surface area (Å²) < 4.78 is 14.1. The molecular weight excluding hydrogens is 227 g/mol. The number of pyridine rings is 1. The average Bonchev–Trinajstić information content (AvgIpc) is 2.76. The second-order valence-corrected chi connectivity index (χ2v) is 3.06. The van der Waals surface area contributed by atoms with Crippen LogP contribution in [-0.4, -0.2) is 25.6 Å². The van der Waals surface area contributed by atoms with E-state index in [-0.39, 0.29) is 17.2 Å². The van der Waals surface area contributed by atoms with E-state index in [0.717, 1.165) is 12.3 Å². The molecule has 0 saturated carbocycles. The Morgan fingerprint density at radius 1 is 1.53 bits per heavy atom. The van der Waals surface area contributed by atoms with Crippen LogP contribution in [0.4, 0.5) is 4.39 Å². The van der Waals surface area contributed by atoms with Gasteiger partial charge in [-0.15, -0.1) is 0 Å². The van der Waals surface area contributed by atoms with Gasteiger partial charge < -0.3 is 5.11 Å². The van der Waals surface area contributed by atoms with Crippen molar-refractivity contribution in [3.8, 4) is 11.9 Å². The van der Waals surface area contributed by atoms with Crippen LogP contribution in [0.15, 0.2) is 24.7 Å². The molecule has 2 rings (SSSR count). The lowest BCUT2D eigenvalue weighted by Gasteiger charge is -2.06. The molecule has 0 aromatic carbocycles. The molecular formula is C10H5FN4O2. The number of imidazole rings is 1. The third kappa shape index (κ3) is 1.83. The van der Waals surface area contributed by atoms with Crippen LogP contribution in [0.5, 0.6) is 0 Å². The maximum absolute atomic E-state index is 12.9. The molecule has 0 aliphatic carbocycles. The minimum atomic E-state index is -1.33. The van der Waals surface area contributed by atoms with Gasteiger partial charge in [-0.1, -0.05) is 0 Å². The third-order valence-corrected chi connectivity index (χ3v) is 2.03. The molecule has 6 nitrogen and oxygen atoms in total. The summed E-state index contributed by atoms with van der Waals surface area (Å²) in [5, 5.41) is 17.7. The van der Waals surface area contributed by atoms with E-state index in [4.69, 9.17) is 10.4 Å². The average molecular weight is 232 g/mol. The van der Waals surface area contributed by atoms with Crippen LogP contribution >= 0.6 is 0 Å². The van der Waals surface area contributed by atoms with Gasteiger partial charge in [0.05, 0.1) is 6.20 Å². The molecule has 0 radical (unpaired) electrons. The monoisotopic (exact) mass is 232 g/mol. The van der Waals surface area contributed by atoms with E-state index in [1.165, 1.54) is 17.0 Å². The van der Waals surface area contributed by atoms with Crippen LogP contribution in [-0.2, 0) is 0 Å². The van der Waals surface area contributed by atoms with Crippen molar-refractivity contribution in [1.82, 2.24) is 14.5 Å². The first-order valence-corrected chi connectivity index (χ1v) is 4.46. The van der Waals surface area contributed by atoms with Gasteiger partial charge in [0.15, 0.2) is 5.82 Å². The van der Waals surface area contributed by atoms with Crippen molar-refractivity contribution in [1.29, 1.82) is 5.26 Å². The molecule has 1 N–H and O–H groups in total. The van der Waals surface area contributed by atoms with Gasteiger partial charge in [-0.2, -0.15) is 5.26 Å². The Labute approximate surface area is 94.6 Å². The van der Waals surface area contributed by atoms with Gasteiger partial charge in [0.25, 0.3) is 0 Å². The summed E-state index contributed by atoms with van der Waals surface area (Å²) in [6.45, 7) is 0. The summed E-state index contributed by atoms with van der Waals surface area (Å²) in [6.07, 6.45) is 3.59. The SMILES string of the molecule is N#Cc1nccn1-c1ncc(F)cc1C(=O)O. The zero-order valence-electron chi connectivity index (χ0n) is 8.33. The van der Waals surface area contributed by atoms with Crippen LogP contribution in [0, 0.1) is 17.1 Å². The number of nitriles is 1. The van der Waals surface area contributed by atoms with Crippen molar-refractivity contribution in [3.05, 3.63) is 41.9 Å². The molecule has 7 heteroatoms. The van der Waals surface area contributed by atoms with Gasteiger partial charge in [-0.3, -0.25) is 4.57 Å². The molecule has 0 unspecified atom stereocenters. The molecule has 0 aliphatic rings. The quantitative estimate of drug-likeness (QED) is 0.833. The highest BCUT2D eigenvalue weighted by molar-refractivity contribution is 5.91.